The third-order valence-electron chi connectivity index (χ3n) is 1.81. The number of alkyl halides is 1. The van der Waals surface area contributed by atoms with E-state index < -0.39 is 15.1 Å². The Balaban J connectivity index is 3.35. The number of hydrogen-bond acceptors (Lipinski definition) is 5. The van der Waals surface area contributed by atoms with Crippen LogP contribution in [0.15, 0.2) is 17.6 Å². The lowest BCUT2D eigenvalue weighted by atomic mass is 10.4. The summed E-state index contributed by atoms with van der Waals surface area (Å²) in [6, 6.07) is 1.73. The molecule has 0 saturated carbocycles. The molecule has 0 aliphatic carbocycles. The van der Waals surface area contributed by atoms with Gasteiger partial charge in [0.25, 0.3) is 0 Å². The van der Waals surface area contributed by atoms with Crippen molar-refractivity contribution < 1.29 is 8.42 Å². The smallest absolute Gasteiger partial charge is 0.200 e. The standard InChI is InChI=1S/C8H8ClN3O2S/c1-6(2-9)15(13,14)8-7(3-10)4-11-5-12-8/h4-6H,2H2,1H3. The van der Waals surface area contributed by atoms with Crippen LogP contribution in [-0.2, 0) is 9.84 Å². The van der Waals surface area contributed by atoms with Crippen molar-refractivity contribution in [3.63, 3.8) is 0 Å². The lowest BCUT2D eigenvalue weighted by Crippen LogP contribution is -2.21. The summed E-state index contributed by atoms with van der Waals surface area (Å²) in [6.07, 6.45) is 2.26. The van der Waals surface area contributed by atoms with Crippen molar-refractivity contribution in [1.29, 1.82) is 5.26 Å². The molecule has 0 fully saturated rings. The molecule has 0 bridgehead atoms. The fourth-order valence-electron chi connectivity index (χ4n) is 0.895. The second-order valence-corrected chi connectivity index (χ2v) is 5.45. The molecular weight excluding hydrogens is 238 g/mol. The summed E-state index contributed by atoms with van der Waals surface area (Å²) in [5.74, 6) is -0.0444. The second-order valence-electron chi connectivity index (χ2n) is 2.86. The van der Waals surface area contributed by atoms with E-state index in [4.69, 9.17) is 16.9 Å². The summed E-state index contributed by atoms with van der Waals surface area (Å²) in [5.41, 5.74) is -0.0607. The molecule has 1 aromatic rings. The first kappa shape index (κ1) is 11.9. The summed E-state index contributed by atoms with van der Waals surface area (Å²) < 4.78 is 23.6. The van der Waals surface area contributed by atoms with Crippen LogP contribution in [0, 0.1) is 11.3 Å². The number of hydrogen-bond donors (Lipinski definition) is 0. The van der Waals surface area contributed by atoms with Gasteiger partial charge in [0, 0.05) is 12.1 Å². The van der Waals surface area contributed by atoms with Crippen molar-refractivity contribution in [2.45, 2.75) is 17.2 Å². The van der Waals surface area contributed by atoms with Gasteiger partial charge >= 0.3 is 0 Å². The Morgan fingerprint density at radius 1 is 1.67 bits per heavy atom. The van der Waals surface area contributed by atoms with E-state index in [2.05, 4.69) is 9.97 Å². The van der Waals surface area contributed by atoms with Crippen LogP contribution in [0.5, 0.6) is 0 Å². The van der Waals surface area contributed by atoms with E-state index in [9.17, 15) is 8.42 Å². The summed E-state index contributed by atoms with van der Waals surface area (Å²) in [5, 5.41) is 7.68. The Hall–Kier alpha value is -1.19. The topological polar surface area (TPSA) is 83.7 Å². The molecule has 0 N–H and O–H groups in total. The first-order valence-corrected chi connectivity index (χ1v) is 6.12. The lowest BCUT2D eigenvalue weighted by molar-refractivity contribution is 0.583. The summed E-state index contributed by atoms with van der Waals surface area (Å²) in [6.45, 7) is 1.46. The minimum absolute atomic E-state index is 0.0444. The van der Waals surface area contributed by atoms with E-state index in [0.29, 0.717) is 0 Å². The molecule has 7 heteroatoms. The van der Waals surface area contributed by atoms with Gasteiger partial charge < -0.3 is 0 Å². The summed E-state index contributed by atoms with van der Waals surface area (Å²) >= 11 is 5.48. The highest BCUT2D eigenvalue weighted by Crippen LogP contribution is 2.17. The largest absolute Gasteiger partial charge is 0.243 e. The molecule has 1 heterocycles. The fourth-order valence-corrected chi connectivity index (χ4v) is 2.54. The van der Waals surface area contributed by atoms with Gasteiger partial charge in [-0.05, 0) is 6.92 Å². The predicted octanol–water partition coefficient (Wildman–Crippen LogP) is 0.749. The molecule has 0 saturated heterocycles. The number of halogens is 1. The van der Waals surface area contributed by atoms with Gasteiger partial charge in [-0.25, -0.2) is 18.4 Å². The van der Waals surface area contributed by atoms with Gasteiger partial charge in [0.05, 0.1) is 5.25 Å². The molecule has 0 aliphatic heterocycles. The summed E-state index contributed by atoms with van der Waals surface area (Å²) in [7, 11) is -3.64. The molecule has 0 aliphatic rings. The van der Waals surface area contributed by atoms with Crippen LogP contribution in [0.4, 0.5) is 0 Å². The zero-order valence-electron chi connectivity index (χ0n) is 7.88. The number of rotatable bonds is 3. The maximum absolute atomic E-state index is 11.8. The van der Waals surface area contributed by atoms with E-state index in [1.54, 1.807) is 6.07 Å². The normalized spacial score (nSPS) is 13.1. The third-order valence-corrected chi connectivity index (χ3v) is 4.55. The van der Waals surface area contributed by atoms with Crippen molar-refractivity contribution in [3.05, 3.63) is 18.1 Å². The second kappa shape index (κ2) is 4.55. The van der Waals surface area contributed by atoms with Crippen LogP contribution in [0.3, 0.4) is 0 Å². The average Bonchev–Trinajstić information content (AvgIpc) is 2.27. The number of nitrogens with zero attached hydrogens (tertiary/aromatic N) is 3. The highest BCUT2D eigenvalue weighted by atomic mass is 35.5. The zero-order valence-corrected chi connectivity index (χ0v) is 9.46. The maximum atomic E-state index is 11.8. The first-order chi connectivity index (χ1) is 7.04. The number of sulfone groups is 1. The molecule has 1 aromatic heterocycles. The fraction of sp³-hybridized carbons (Fsp3) is 0.375. The molecule has 5 nitrogen and oxygen atoms in total. The Morgan fingerprint density at radius 2 is 2.33 bits per heavy atom. The Bertz CT molecular complexity index is 495. The van der Waals surface area contributed by atoms with Crippen LogP contribution in [0.1, 0.15) is 12.5 Å². The van der Waals surface area contributed by atoms with E-state index in [1.807, 2.05) is 0 Å². The van der Waals surface area contributed by atoms with Crippen LogP contribution in [0.25, 0.3) is 0 Å². The molecule has 80 valence electrons. The van der Waals surface area contributed by atoms with Gasteiger partial charge in [-0.2, -0.15) is 5.26 Å². The van der Waals surface area contributed by atoms with E-state index in [1.165, 1.54) is 13.1 Å². The highest BCUT2D eigenvalue weighted by Gasteiger charge is 2.26. The van der Waals surface area contributed by atoms with Crippen LogP contribution >= 0.6 is 11.6 Å². The van der Waals surface area contributed by atoms with E-state index >= 15 is 0 Å². The van der Waals surface area contributed by atoms with Crippen molar-refractivity contribution in [3.8, 4) is 6.07 Å². The molecule has 1 rings (SSSR count). The van der Waals surface area contributed by atoms with Gasteiger partial charge in [0.2, 0.25) is 9.84 Å². The number of nitriles is 1. The van der Waals surface area contributed by atoms with Gasteiger partial charge in [-0.1, -0.05) is 0 Å². The SMILES string of the molecule is CC(CCl)S(=O)(=O)c1ncncc1C#N. The van der Waals surface area contributed by atoms with Crippen molar-refractivity contribution in [1.82, 2.24) is 9.97 Å². The molecule has 0 amide bonds. The average molecular weight is 246 g/mol. The molecule has 0 spiro atoms. The van der Waals surface area contributed by atoms with Crippen molar-refractivity contribution >= 4 is 21.4 Å². The van der Waals surface area contributed by atoms with Crippen molar-refractivity contribution in [2.24, 2.45) is 0 Å². The molecule has 0 aromatic carbocycles. The van der Waals surface area contributed by atoms with E-state index in [0.717, 1.165) is 6.33 Å². The molecule has 0 radical (unpaired) electrons. The minimum Gasteiger partial charge on any atom is -0.243 e. The zero-order chi connectivity index (χ0) is 11.5. The Labute approximate surface area is 92.7 Å². The quantitative estimate of drug-likeness (QED) is 0.580. The van der Waals surface area contributed by atoms with Gasteiger partial charge in [0.1, 0.15) is 18.0 Å². The van der Waals surface area contributed by atoms with Crippen molar-refractivity contribution in [2.75, 3.05) is 5.88 Å². The third kappa shape index (κ3) is 2.25. The monoisotopic (exact) mass is 245 g/mol. The Kier molecular flexibility index (Phi) is 3.61. The molecule has 15 heavy (non-hydrogen) atoms. The van der Waals surface area contributed by atoms with Crippen LogP contribution in [-0.4, -0.2) is 29.5 Å². The first-order valence-electron chi connectivity index (χ1n) is 4.04. The molecular formula is C8H8ClN3O2S. The summed E-state index contributed by atoms with van der Waals surface area (Å²) in [4.78, 5) is 7.19. The van der Waals surface area contributed by atoms with Crippen LogP contribution in [0.2, 0.25) is 0 Å². The highest BCUT2D eigenvalue weighted by molar-refractivity contribution is 7.92. The lowest BCUT2D eigenvalue weighted by Gasteiger charge is -2.08. The number of aromatic nitrogens is 2. The van der Waals surface area contributed by atoms with E-state index in [-0.39, 0.29) is 16.5 Å². The molecule has 1 atom stereocenters. The van der Waals surface area contributed by atoms with Gasteiger partial charge in [-0.3, -0.25) is 0 Å². The van der Waals surface area contributed by atoms with Gasteiger partial charge in [0.15, 0.2) is 5.03 Å². The molecule has 1 unspecified atom stereocenters. The Morgan fingerprint density at radius 3 is 2.87 bits per heavy atom. The maximum Gasteiger partial charge on any atom is 0.200 e. The van der Waals surface area contributed by atoms with Gasteiger partial charge in [-0.15, -0.1) is 11.6 Å². The minimum atomic E-state index is -3.64. The van der Waals surface area contributed by atoms with Crippen LogP contribution < -0.4 is 0 Å². The predicted molar refractivity (Wildman–Crippen MR) is 54.1 cm³/mol.